The first-order chi connectivity index (χ1) is 19.8. The maximum absolute atomic E-state index is 13.7. The van der Waals surface area contributed by atoms with Gasteiger partial charge in [-0.05, 0) is 75.8 Å². The van der Waals surface area contributed by atoms with Gasteiger partial charge in [0.15, 0.2) is 0 Å². The predicted octanol–water partition coefficient (Wildman–Crippen LogP) is 4.37. The van der Waals surface area contributed by atoms with Crippen molar-refractivity contribution in [1.29, 1.82) is 0 Å². The number of nitrogens with zero attached hydrogens (tertiary/aromatic N) is 2. The fourth-order valence-electron chi connectivity index (χ4n) is 6.77. The van der Waals surface area contributed by atoms with Gasteiger partial charge in [0, 0.05) is 26.1 Å². The van der Waals surface area contributed by atoms with Crippen LogP contribution >= 0.6 is 0 Å². The molecule has 1 atom stereocenters. The van der Waals surface area contributed by atoms with Gasteiger partial charge in [0.1, 0.15) is 17.3 Å². The van der Waals surface area contributed by atoms with Crippen molar-refractivity contribution < 1.29 is 29.3 Å². The quantitative estimate of drug-likeness (QED) is 0.284. The van der Waals surface area contributed by atoms with Gasteiger partial charge in [0.2, 0.25) is 11.8 Å². The number of unbranched alkanes of at least 4 members (excludes halogenated alkanes) is 4. The zero-order valence-electron chi connectivity index (χ0n) is 24.7. The summed E-state index contributed by atoms with van der Waals surface area (Å²) < 4.78 is 5.73. The maximum atomic E-state index is 13.7. The van der Waals surface area contributed by atoms with E-state index in [1.807, 2.05) is 4.90 Å². The molecule has 3 N–H and O–H groups in total. The van der Waals surface area contributed by atoms with Gasteiger partial charge in [-0.15, -0.1) is 0 Å². The molecular formula is C32H49N3O6. The minimum atomic E-state index is -0.941. The molecule has 1 aromatic carbocycles. The first kappa shape index (κ1) is 31.3. The van der Waals surface area contributed by atoms with E-state index in [9.17, 15) is 19.5 Å². The van der Waals surface area contributed by atoms with Gasteiger partial charge >= 0.3 is 5.97 Å². The molecule has 0 aromatic heterocycles. The van der Waals surface area contributed by atoms with E-state index < -0.39 is 23.2 Å². The van der Waals surface area contributed by atoms with Gasteiger partial charge < -0.3 is 30.1 Å². The van der Waals surface area contributed by atoms with Gasteiger partial charge in [-0.2, -0.15) is 0 Å². The summed E-state index contributed by atoms with van der Waals surface area (Å²) in [6, 6.07) is 5.86. The number of nitrogens with one attached hydrogen (secondary N) is 1. The van der Waals surface area contributed by atoms with Crippen LogP contribution in [-0.4, -0.2) is 87.8 Å². The maximum Gasteiger partial charge on any atom is 0.335 e. The second-order valence-electron chi connectivity index (χ2n) is 12.3. The summed E-state index contributed by atoms with van der Waals surface area (Å²) in [6.45, 7) is 5.89. The lowest BCUT2D eigenvalue weighted by Gasteiger charge is -2.52. The Morgan fingerprint density at radius 1 is 0.951 bits per heavy atom. The lowest BCUT2D eigenvalue weighted by molar-refractivity contribution is -0.163. The number of amides is 2. The molecule has 4 rings (SSSR count). The molecule has 228 valence electrons. The highest BCUT2D eigenvalue weighted by atomic mass is 16.5. The van der Waals surface area contributed by atoms with Crippen LogP contribution < -0.4 is 10.1 Å². The summed E-state index contributed by atoms with van der Waals surface area (Å²) in [6.07, 6.45) is 12.1. The van der Waals surface area contributed by atoms with E-state index in [2.05, 4.69) is 17.1 Å². The lowest BCUT2D eigenvalue weighted by atomic mass is 9.77. The summed E-state index contributed by atoms with van der Waals surface area (Å²) in [5.41, 5.74) is -1.37. The highest BCUT2D eigenvalue weighted by Gasteiger charge is 2.54. The van der Waals surface area contributed by atoms with Crippen molar-refractivity contribution in [3.05, 3.63) is 29.8 Å². The molecule has 3 fully saturated rings. The minimum absolute atomic E-state index is 0.00875. The predicted molar refractivity (Wildman–Crippen MR) is 157 cm³/mol. The molecule has 2 aliphatic heterocycles. The zero-order valence-corrected chi connectivity index (χ0v) is 24.7. The molecule has 2 amide bonds. The average molecular weight is 572 g/mol. The van der Waals surface area contributed by atoms with E-state index in [0.29, 0.717) is 51.0 Å². The van der Waals surface area contributed by atoms with E-state index in [1.54, 1.807) is 24.3 Å². The van der Waals surface area contributed by atoms with Crippen molar-refractivity contribution in [2.45, 2.75) is 114 Å². The molecule has 9 nitrogen and oxygen atoms in total. The summed E-state index contributed by atoms with van der Waals surface area (Å²) in [7, 11) is 0. The van der Waals surface area contributed by atoms with E-state index >= 15 is 0 Å². The van der Waals surface area contributed by atoms with E-state index in [0.717, 1.165) is 77.4 Å². The number of carbonyl (C=O) groups is 3. The Hall–Kier alpha value is -2.65. The average Bonchev–Trinajstić information content (AvgIpc) is 2.97. The number of rotatable bonds is 14. The third-order valence-electron chi connectivity index (χ3n) is 9.33. The molecule has 0 radical (unpaired) electrons. The van der Waals surface area contributed by atoms with Crippen molar-refractivity contribution >= 4 is 17.8 Å². The highest BCUT2D eigenvalue weighted by molar-refractivity contribution is 6.00. The fraction of sp³-hybridized carbons (Fsp3) is 0.719. The third-order valence-corrected chi connectivity index (χ3v) is 9.33. The first-order valence-corrected chi connectivity index (χ1v) is 15.8. The molecule has 1 saturated carbocycles. The monoisotopic (exact) mass is 571 g/mol. The molecule has 1 aromatic rings. The number of carboxylic acids is 1. The second-order valence-corrected chi connectivity index (χ2v) is 12.3. The summed E-state index contributed by atoms with van der Waals surface area (Å²) in [5.74, 6) is -0.296. The molecule has 2 heterocycles. The van der Waals surface area contributed by atoms with Crippen LogP contribution in [0.5, 0.6) is 5.75 Å². The van der Waals surface area contributed by atoms with Crippen LogP contribution in [0.25, 0.3) is 0 Å². The van der Waals surface area contributed by atoms with E-state index in [-0.39, 0.29) is 17.4 Å². The third kappa shape index (κ3) is 8.01. The number of benzene rings is 1. The van der Waals surface area contributed by atoms with Crippen molar-refractivity contribution in [3.8, 4) is 5.75 Å². The second kappa shape index (κ2) is 14.5. The molecule has 1 spiro atoms. The smallest absolute Gasteiger partial charge is 0.335 e. The Morgan fingerprint density at radius 3 is 2.29 bits per heavy atom. The van der Waals surface area contributed by atoms with Gasteiger partial charge in [0.25, 0.3) is 0 Å². The Labute approximate surface area is 244 Å². The van der Waals surface area contributed by atoms with Crippen LogP contribution in [-0.2, 0) is 9.59 Å². The summed E-state index contributed by atoms with van der Waals surface area (Å²) in [4.78, 5) is 42.6. The summed E-state index contributed by atoms with van der Waals surface area (Å²) in [5, 5.41) is 23.1. The van der Waals surface area contributed by atoms with Crippen LogP contribution in [0.4, 0.5) is 0 Å². The molecule has 41 heavy (non-hydrogen) atoms. The summed E-state index contributed by atoms with van der Waals surface area (Å²) >= 11 is 0. The number of ether oxygens (including phenoxy) is 1. The SMILES string of the molecule is CCCCN1C(=O)[C@@H](CC2(O)CCCCC2)NC(=O)C12CCN(CCCCCCOc1ccc(C(=O)O)cc1)CC2. The number of hydrogen-bond donors (Lipinski definition) is 3. The van der Waals surface area contributed by atoms with Crippen molar-refractivity contribution in [1.82, 2.24) is 15.1 Å². The van der Waals surface area contributed by atoms with Crippen LogP contribution in [0.15, 0.2) is 24.3 Å². The van der Waals surface area contributed by atoms with Gasteiger partial charge in [0.05, 0.1) is 17.8 Å². The van der Waals surface area contributed by atoms with Crippen LogP contribution in [0.1, 0.15) is 107 Å². The number of piperazine rings is 1. The fourth-order valence-corrected chi connectivity index (χ4v) is 6.77. The van der Waals surface area contributed by atoms with E-state index in [1.165, 1.54) is 0 Å². The molecule has 1 aliphatic carbocycles. The largest absolute Gasteiger partial charge is 0.494 e. The van der Waals surface area contributed by atoms with Crippen LogP contribution in [0.2, 0.25) is 0 Å². The molecule has 2 saturated heterocycles. The number of carboxylic acid groups (broad SMARTS) is 1. The topological polar surface area (TPSA) is 119 Å². The Kier molecular flexibility index (Phi) is 11.1. The number of carbonyl (C=O) groups excluding carboxylic acids is 2. The molecule has 0 unspecified atom stereocenters. The number of likely N-dealkylation sites (tertiary alicyclic amines) is 1. The minimum Gasteiger partial charge on any atom is -0.494 e. The lowest BCUT2D eigenvalue weighted by Crippen LogP contribution is -2.73. The molecule has 3 aliphatic rings. The molecule has 9 heteroatoms. The van der Waals surface area contributed by atoms with E-state index in [4.69, 9.17) is 9.84 Å². The Morgan fingerprint density at radius 2 is 1.63 bits per heavy atom. The van der Waals surface area contributed by atoms with Gasteiger partial charge in [-0.3, -0.25) is 9.59 Å². The van der Waals surface area contributed by atoms with Crippen molar-refractivity contribution in [2.24, 2.45) is 0 Å². The zero-order chi connectivity index (χ0) is 29.3. The molecule has 0 bridgehead atoms. The van der Waals surface area contributed by atoms with Crippen LogP contribution in [0.3, 0.4) is 0 Å². The number of aliphatic hydroxyl groups is 1. The van der Waals surface area contributed by atoms with Crippen LogP contribution in [0, 0.1) is 0 Å². The molecular weight excluding hydrogens is 522 g/mol. The van der Waals surface area contributed by atoms with Gasteiger partial charge in [-0.1, -0.05) is 45.4 Å². The Bertz CT molecular complexity index is 1010. The first-order valence-electron chi connectivity index (χ1n) is 15.8. The van der Waals surface area contributed by atoms with Crippen molar-refractivity contribution in [2.75, 3.05) is 32.8 Å². The number of aromatic carboxylic acids is 1. The number of piperidine rings is 1. The standard InChI is InChI=1S/C32H49N3O6/c1-2-3-20-35-28(36)27(24-31(40)15-7-6-8-16-31)33-30(39)32(35)17-21-34(22-18-32)19-9-4-5-10-23-41-26-13-11-25(12-14-26)29(37)38/h11-14,27,40H,2-10,15-24H2,1H3,(H,33,39)(H,37,38)/t27-/m1/s1. The Balaban J connectivity index is 1.20. The highest BCUT2D eigenvalue weighted by Crippen LogP contribution is 2.37. The number of hydrogen-bond acceptors (Lipinski definition) is 6. The van der Waals surface area contributed by atoms with Crippen molar-refractivity contribution in [3.63, 3.8) is 0 Å². The normalized spacial score (nSPS) is 22.5. The van der Waals surface area contributed by atoms with Gasteiger partial charge in [-0.25, -0.2) is 4.79 Å².